The fraction of sp³-hybridized carbons (Fsp3) is 0.667. The fourth-order valence-corrected chi connectivity index (χ4v) is 8.58. The van der Waals surface area contributed by atoms with Gasteiger partial charge in [0.25, 0.3) is 5.91 Å². The molecule has 2 aromatic heterocycles. The van der Waals surface area contributed by atoms with Gasteiger partial charge >= 0.3 is 5.97 Å². The lowest BCUT2D eigenvalue weighted by Crippen LogP contribution is -2.74. The molecule has 0 aliphatic carbocycles. The monoisotopic (exact) mass is 669 g/mol. The van der Waals surface area contributed by atoms with Crippen LogP contribution in [0.3, 0.4) is 0 Å². The second-order valence-corrected chi connectivity index (χ2v) is 13.6. The first kappa shape index (κ1) is 32.4. The number of aliphatic hydroxyl groups is 1. The molecule has 5 heterocycles. The number of aryl methyl sites for hydroxylation is 1. The van der Waals surface area contributed by atoms with E-state index < -0.39 is 28.7 Å². The zero-order valence-electron chi connectivity index (χ0n) is 24.1. The molecule has 3 atom stereocenters. The van der Waals surface area contributed by atoms with Crippen molar-refractivity contribution in [1.82, 2.24) is 45.2 Å². The van der Waals surface area contributed by atoms with Crippen molar-refractivity contribution >= 4 is 63.5 Å². The SMILES string of the molecule is CON=C(C(=O)NC1C(=O)N2CC(CSc3nnnn3CCCN3CCN(CCO)CC3)(C(=O)O)CS[C@H]12)c1csc(N)n1. The molecule has 0 radical (unpaired) electrons. The molecule has 0 bridgehead atoms. The number of amides is 2. The average molecular weight is 670 g/mol. The number of carboxylic acids is 1. The minimum absolute atomic E-state index is 0.00364. The molecule has 0 aromatic carbocycles. The van der Waals surface area contributed by atoms with Crippen LogP contribution in [0.5, 0.6) is 0 Å². The van der Waals surface area contributed by atoms with Crippen molar-refractivity contribution < 1.29 is 29.4 Å². The number of β-amino-alcohol motifs (C(OH)–C–C–N with tert-alkyl or cyclic N) is 1. The number of β-lactam (4-membered cyclic amide) rings is 1. The van der Waals surface area contributed by atoms with Gasteiger partial charge in [-0.1, -0.05) is 16.9 Å². The Morgan fingerprint density at radius 1 is 1.25 bits per heavy atom. The van der Waals surface area contributed by atoms with Gasteiger partial charge in [-0.05, 0) is 16.8 Å². The molecule has 5 N–H and O–H groups in total. The van der Waals surface area contributed by atoms with E-state index in [9.17, 15) is 19.5 Å². The largest absolute Gasteiger partial charge is 0.481 e. The number of thiazole rings is 1. The third-order valence-electron chi connectivity index (χ3n) is 7.75. The summed E-state index contributed by atoms with van der Waals surface area (Å²) in [5.74, 6) is -1.61. The molecular weight excluding hydrogens is 635 g/mol. The number of aliphatic carboxylic acids is 1. The zero-order chi connectivity index (χ0) is 31.3. The predicted molar refractivity (Wildman–Crippen MR) is 163 cm³/mol. The summed E-state index contributed by atoms with van der Waals surface area (Å²) < 4.78 is 1.69. The number of rotatable bonds is 14. The van der Waals surface area contributed by atoms with E-state index in [-0.39, 0.29) is 47.1 Å². The molecule has 3 saturated heterocycles. The smallest absolute Gasteiger partial charge is 0.313 e. The van der Waals surface area contributed by atoms with Crippen molar-refractivity contribution in [2.45, 2.75) is 29.5 Å². The highest BCUT2D eigenvalue weighted by atomic mass is 32.2. The Kier molecular flexibility index (Phi) is 10.6. The minimum atomic E-state index is -1.22. The fourth-order valence-electron chi connectivity index (χ4n) is 5.27. The Balaban J connectivity index is 1.13. The molecule has 0 saturated carbocycles. The van der Waals surface area contributed by atoms with E-state index in [0.717, 1.165) is 50.5 Å². The molecule has 0 spiro atoms. The van der Waals surface area contributed by atoms with Crippen LogP contribution in [0.2, 0.25) is 0 Å². The second kappa shape index (κ2) is 14.4. The van der Waals surface area contributed by atoms with Crippen LogP contribution in [0.1, 0.15) is 12.1 Å². The highest BCUT2D eigenvalue weighted by Crippen LogP contribution is 2.44. The van der Waals surface area contributed by atoms with E-state index >= 15 is 0 Å². The quantitative estimate of drug-likeness (QED) is 0.0765. The summed E-state index contributed by atoms with van der Waals surface area (Å²) >= 11 is 3.72. The molecular formula is C24H35N11O6S3. The van der Waals surface area contributed by atoms with Gasteiger partial charge in [0, 0.05) is 69.2 Å². The van der Waals surface area contributed by atoms with Gasteiger partial charge < -0.3 is 35.9 Å². The minimum Gasteiger partial charge on any atom is -0.481 e. The van der Waals surface area contributed by atoms with E-state index in [0.29, 0.717) is 18.2 Å². The van der Waals surface area contributed by atoms with Crippen LogP contribution < -0.4 is 11.1 Å². The molecule has 2 amide bonds. The van der Waals surface area contributed by atoms with Crippen LogP contribution in [-0.4, -0.2) is 156 Å². The van der Waals surface area contributed by atoms with E-state index in [1.54, 1.807) is 10.1 Å². The standard InChI is InChI=1S/C24H35N11O6S3/c1-41-29-16(15-11-42-22(25)26-15)18(37)27-17-19(38)34-12-24(21(39)40,13-43-20(17)34)14-44-23-28-30-31-35(23)4-2-3-32-5-7-33(8-6-32)9-10-36/h11,17,20,36H,2-10,12-14H2,1H3,(H2,25,26)(H,27,37)(H,39,40)/t17?,20-,24?/m1/s1. The van der Waals surface area contributed by atoms with Crippen LogP contribution in [0, 0.1) is 5.41 Å². The summed E-state index contributed by atoms with van der Waals surface area (Å²) in [6, 6.07) is -0.838. The number of carbonyl (C=O) groups is 3. The number of nitrogen functional groups attached to an aromatic ring is 1. The van der Waals surface area contributed by atoms with Crippen molar-refractivity contribution in [2.75, 3.05) is 76.8 Å². The van der Waals surface area contributed by atoms with Gasteiger partial charge in [-0.2, -0.15) is 0 Å². The number of nitrogens with one attached hydrogen (secondary N) is 1. The highest BCUT2D eigenvalue weighted by Gasteiger charge is 2.57. The van der Waals surface area contributed by atoms with Crippen molar-refractivity contribution in [3.8, 4) is 0 Å². The number of oxime groups is 1. The predicted octanol–water partition coefficient (Wildman–Crippen LogP) is -1.67. The molecule has 44 heavy (non-hydrogen) atoms. The summed E-state index contributed by atoms with van der Waals surface area (Å²) in [5, 5.41) is 39.8. The van der Waals surface area contributed by atoms with Crippen LogP contribution in [0.15, 0.2) is 15.7 Å². The van der Waals surface area contributed by atoms with Crippen LogP contribution in [-0.2, 0) is 25.8 Å². The van der Waals surface area contributed by atoms with Crippen LogP contribution in [0.4, 0.5) is 5.13 Å². The molecule has 2 aromatic rings. The maximum absolute atomic E-state index is 13.1. The van der Waals surface area contributed by atoms with Gasteiger partial charge in [0.1, 0.15) is 29.6 Å². The summed E-state index contributed by atoms with van der Waals surface area (Å²) in [6.45, 7) is 6.11. The normalized spacial score (nSPS) is 24.5. The van der Waals surface area contributed by atoms with Crippen LogP contribution >= 0.6 is 34.9 Å². The number of aliphatic hydroxyl groups excluding tert-OH is 1. The van der Waals surface area contributed by atoms with Gasteiger partial charge in [0.15, 0.2) is 10.8 Å². The second-order valence-electron chi connectivity index (χ2n) is 10.6. The number of fused-ring (bicyclic) bond motifs is 1. The number of carbonyl (C=O) groups excluding carboxylic acids is 2. The lowest BCUT2D eigenvalue weighted by Gasteiger charge is -2.53. The summed E-state index contributed by atoms with van der Waals surface area (Å²) in [7, 11) is 1.29. The van der Waals surface area contributed by atoms with E-state index in [1.807, 2.05) is 0 Å². The molecule has 3 aliphatic heterocycles. The number of aromatic nitrogens is 5. The van der Waals surface area contributed by atoms with Crippen molar-refractivity contribution in [3.63, 3.8) is 0 Å². The van der Waals surface area contributed by atoms with Gasteiger partial charge in [0.2, 0.25) is 11.1 Å². The van der Waals surface area contributed by atoms with Gasteiger partial charge in [-0.3, -0.25) is 19.3 Å². The first-order valence-electron chi connectivity index (χ1n) is 14.0. The molecule has 2 unspecified atom stereocenters. The number of thioether (sulfide) groups is 2. The van der Waals surface area contributed by atoms with Crippen molar-refractivity contribution in [2.24, 2.45) is 10.6 Å². The van der Waals surface area contributed by atoms with E-state index in [2.05, 4.69) is 40.8 Å². The number of carboxylic acid groups (broad SMARTS) is 1. The number of nitrogens with zero attached hydrogens (tertiary/aromatic N) is 9. The number of piperazine rings is 1. The third-order valence-corrected chi connectivity index (χ3v) is 11.3. The Morgan fingerprint density at radius 3 is 2.66 bits per heavy atom. The summed E-state index contributed by atoms with van der Waals surface area (Å²) in [6.07, 6.45) is 0.836. The Labute approximate surface area is 265 Å². The van der Waals surface area contributed by atoms with Crippen LogP contribution in [0.25, 0.3) is 0 Å². The topological polar surface area (TPSA) is 218 Å². The highest BCUT2D eigenvalue weighted by molar-refractivity contribution is 8.00. The molecule has 3 aliphatic rings. The Hall–Kier alpha value is -3.04. The first-order chi connectivity index (χ1) is 21.2. The molecule has 3 fully saturated rings. The molecule has 17 nitrogen and oxygen atoms in total. The van der Waals surface area contributed by atoms with Crippen molar-refractivity contribution in [3.05, 3.63) is 11.1 Å². The third kappa shape index (κ3) is 7.09. The maximum atomic E-state index is 13.1. The first-order valence-corrected chi connectivity index (χ1v) is 16.9. The molecule has 20 heteroatoms. The maximum Gasteiger partial charge on any atom is 0.313 e. The van der Waals surface area contributed by atoms with E-state index in [1.165, 1.54) is 35.5 Å². The average Bonchev–Trinajstić information content (AvgIpc) is 3.66. The van der Waals surface area contributed by atoms with Gasteiger partial charge in [-0.25, -0.2) is 9.67 Å². The summed E-state index contributed by atoms with van der Waals surface area (Å²) in [4.78, 5) is 53.5. The zero-order valence-corrected chi connectivity index (χ0v) is 26.5. The molecule has 240 valence electrons. The number of hydrogen-bond acceptors (Lipinski definition) is 16. The lowest BCUT2D eigenvalue weighted by atomic mass is 9.89. The number of tetrazole rings is 1. The number of nitrogens with two attached hydrogens (primary N) is 1. The van der Waals surface area contributed by atoms with E-state index in [4.69, 9.17) is 15.7 Å². The van der Waals surface area contributed by atoms with Gasteiger partial charge in [-0.15, -0.1) is 28.2 Å². The Morgan fingerprint density at radius 2 is 2.00 bits per heavy atom. The van der Waals surface area contributed by atoms with Gasteiger partial charge in [0.05, 0.1) is 6.61 Å². The summed E-state index contributed by atoms with van der Waals surface area (Å²) in [5.41, 5.74) is 4.58. The number of anilines is 1. The van der Waals surface area contributed by atoms with Crippen molar-refractivity contribution in [1.29, 1.82) is 0 Å². The number of hydrogen-bond donors (Lipinski definition) is 4. The molecule has 5 rings (SSSR count). The Bertz CT molecular complexity index is 1370. The lowest BCUT2D eigenvalue weighted by molar-refractivity contribution is -0.157.